The molecule has 0 radical (unpaired) electrons. The zero-order chi connectivity index (χ0) is 15.4. The molecular weight excluding hydrogens is 276 g/mol. The van der Waals surface area contributed by atoms with E-state index in [9.17, 15) is 4.79 Å². The summed E-state index contributed by atoms with van der Waals surface area (Å²) < 4.78 is 0. The van der Waals surface area contributed by atoms with Gasteiger partial charge < -0.3 is 10.2 Å². The number of aromatic nitrogens is 2. The van der Waals surface area contributed by atoms with Gasteiger partial charge in [-0.2, -0.15) is 0 Å². The minimum absolute atomic E-state index is 0.0823. The fourth-order valence-electron chi connectivity index (χ4n) is 2.63. The van der Waals surface area contributed by atoms with Crippen molar-refractivity contribution < 1.29 is 4.79 Å². The Morgan fingerprint density at radius 3 is 2.64 bits per heavy atom. The monoisotopic (exact) mass is 296 g/mol. The van der Waals surface area contributed by atoms with Gasteiger partial charge in [0, 0.05) is 37.4 Å². The third kappa shape index (κ3) is 3.24. The van der Waals surface area contributed by atoms with Crippen molar-refractivity contribution in [2.75, 3.05) is 18.4 Å². The predicted octanol–water partition coefficient (Wildman–Crippen LogP) is 3.15. The van der Waals surface area contributed by atoms with Gasteiger partial charge in [-0.05, 0) is 49.9 Å². The number of carbonyl (C=O) groups is 1. The number of hydrogen-bond donors (Lipinski definition) is 1. The maximum absolute atomic E-state index is 12.4. The molecule has 2 aromatic heterocycles. The van der Waals surface area contributed by atoms with Gasteiger partial charge >= 0.3 is 0 Å². The highest BCUT2D eigenvalue weighted by atomic mass is 16.2. The van der Waals surface area contributed by atoms with Gasteiger partial charge in [0.1, 0.15) is 5.82 Å². The first-order valence-corrected chi connectivity index (χ1v) is 7.67. The molecule has 1 N–H and O–H groups in total. The van der Waals surface area contributed by atoms with Crippen molar-refractivity contribution in [3.63, 3.8) is 0 Å². The molecule has 0 aromatic carbocycles. The van der Waals surface area contributed by atoms with Crippen LogP contribution in [0.1, 0.15) is 35.2 Å². The number of rotatable bonds is 3. The van der Waals surface area contributed by atoms with Crippen LogP contribution in [-0.4, -0.2) is 33.9 Å². The van der Waals surface area contributed by atoms with Gasteiger partial charge in [-0.1, -0.05) is 0 Å². The summed E-state index contributed by atoms with van der Waals surface area (Å²) in [6.45, 7) is 3.70. The molecule has 5 nitrogen and oxygen atoms in total. The Morgan fingerprint density at radius 1 is 1.14 bits per heavy atom. The summed E-state index contributed by atoms with van der Waals surface area (Å²) in [5.41, 5.74) is 2.68. The molecular formula is C17H20N4O. The van der Waals surface area contributed by atoms with Crippen molar-refractivity contribution in [1.29, 1.82) is 0 Å². The Bertz CT molecular complexity index is 648. The Labute approximate surface area is 130 Å². The fraction of sp³-hybridized carbons (Fsp3) is 0.353. The van der Waals surface area contributed by atoms with Crippen molar-refractivity contribution in [1.82, 2.24) is 14.9 Å². The molecule has 1 fully saturated rings. The predicted molar refractivity (Wildman–Crippen MR) is 86.2 cm³/mol. The second kappa shape index (κ2) is 6.56. The van der Waals surface area contributed by atoms with E-state index in [4.69, 9.17) is 0 Å². The van der Waals surface area contributed by atoms with Crippen molar-refractivity contribution in [3.05, 3.63) is 47.9 Å². The highest BCUT2D eigenvalue weighted by molar-refractivity contribution is 5.94. The summed E-state index contributed by atoms with van der Waals surface area (Å²) in [5.74, 6) is 0.809. The van der Waals surface area contributed by atoms with Crippen LogP contribution in [0.3, 0.4) is 0 Å². The smallest absolute Gasteiger partial charge is 0.255 e. The summed E-state index contributed by atoms with van der Waals surface area (Å²) in [6, 6.07) is 5.59. The quantitative estimate of drug-likeness (QED) is 0.945. The van der Waals surface area contributed by atoms with Gasteiger partial charge in [0.25, 0.3) is 5.91 Å². The number of nitrogens with zero attached hydrogens (tertiary/aromatic N) is 3. The molecule has 1 amide bonds. The lowest BCUT2D eigenvalue weighted by atomic mass is 10.1. The molecule has 3 heterocycles. The summed E-state index contributed by atoms with van der Waals surface area (Å²) in [7, 11) is 0. The fourth-order valence-corrected chi connectivity index (χ4v) is 2.63. The molecule has 114 valence electrons. The summed E-state index contributed by atoms with van der Waals surface area (Å²) in [4.78, 5) is 22.7. The van der Waals surface area contributed by atoms with Gasteiger partial charge in [-0.15, -0.1) is 0 Å². The lowest BCUT2D eigenvalue weighted by Crippen LogP contribution is -2.35. The number of anilines is 2. The number of likely N-dealkylation sites (tertiary alicyclic amines) is 1. The molecule has 1 aliphatic rings. The van der Waals surface area contributed by atoms with Crippen LogP contribution < -0.4 is 5.32 Å². The first-order chi connectivity index (χ1) is 10.7. The second-order valence-electron chi connectivity index (χ2n) is 5.60. The molecule has 5 heteroatoms. The molecule has 0 spiro atoms. The lowest BCUT2D eigenvalue weighted by molar-refractivity contribution is 0.0724. The van der Waals surface area contributed by atoms with Crippen LogP contribution in [-0.2, 0) is 0 Å². The number of carbonyl (C=O) groups excluding carboxylic acids is 1. The topological polar surface area (TPSA) is 58.1 Å². The standard InChI is InChI=1S/C17H20N4O/c1-13-11-18-8-7-15(13)20-16-6-5-14(12-19-16)17(22)21-9-3-2-4-10-21/h5-8,11-12H,2-4,9-10H2,1H3,(H,18,19,20). The molecule has 3 rings (SSSR count). The number of aryl methyl sites for hydroxylation is 1. The SMILES string of the molecule is Cc1cnccc1Nc1ccc(C(=O)N2CCCCC2)cn1. The highest BCUT2D eigenvalue weighted by Gasteiger charge is 2.18. The summed E-state index contributed by atoms with van der Waals surface area (Å²) in [6.07, 6.45) is 8.60. The van der Waals surface area contributed by atoms with E-state index < -0.39 is 0 Å². The van der Waals surface area contributed by atoms with Crippen LogP contribution in [0.2, 0.25) is 0 Å². The van der Waals surface area contributed by atoms with Crippen molar-refractivity contribution in [2.45, 2.75) is 26.2 Å². The largest absolute Gasteiger partial charge is 0.340 e. The number of hydrogen-bond acceptors (Lipinski definition) is 4. The van der Waals surface area contributed by atoms with E-state index in [1.807, 2.05) is 30.0 Å². The maximum Gasteiger partial charge on any atom is 0.255 e. The van der Waals surface area contributed by atoms with Crippen LogP contribution in [0.25, 0.3) is 0 Å². The molecule has 0 atom stereocenters. The van der Waals surface area contributed by atoms with Gasteiger partial charge in [0.2, 0.25) is 0 Å². The number of piperidine rings is 1. The van der Waals surface area contributed by atoms with Gasteiger partial charge in [0.05, 0.1) is 5.56 Å². The number of pyridine rings is 2. The first kappa shape index (κ1) is 14.5. The molecule has 0 saturated carbocycles. The van der Waals surface area contributed by atoms with Crippen molar-refractivity contribution in [3.8, 4) is 0 Å². The Morgan fingerprint density at radius 2 is 1.95 bits per heavy atom. The first-order valence-electron chi connectivity index (χ1n) is 7.67. The molecule has 1 aliphatic heterocycles. The zero-order valence-electron chi connectivity index (χ0n) is 12.7. The zero-order valence-corrected chi connectivity index (χ0v) is 12.7. The molecule has 22 heavy (non-hydrogen) atoms. The lowest BCUT2D eigenvalue weighted by Gasteiger charge is -2.26. The number of nitrogens with one attached hydrogen (secondary N) is 1. The summed E-state index contributed by atoms with van der Waals surface area (Å²) in [5, 5.41) is 3.24. The molecule has 2 aromatic rings. The molecule has 0 bridgehead atoms. The molecule has 0 aliphatic carbocycles. The van der Waals surface area contributed by atoms with E-state index >= 15 is 0 Å². The minimum atomic E-state index is 0.0823. The number of amides is 1. The third-order valence-electron chi connectivity index (χ3n) is 3.94. The third-order valence-corrected chi connectivity index (χ3v) is 3.94. The highest BCUT2D eigenvalue weighted by Crippen LogP contribution is 2.18. The Balaban J connectivity index is 1.70. The van der Waals surface area contributed by atoms with Crippen molar-refractivity contribution in [2.24, 2.45) is 0 Å². The van der Waals surface area contributed by atoms with Crippen LogP contribution in [0, 0.1) is 6.92 Å². The Hall–Kier alpha value is -2.43. The summed E-state index contributed by atoms with van der Waals surface area (Å²) >= 11 is 0. The van der Waals surface area contributed by atoms with Crippen LogP contribution >= 0.6 is 0 Å². The van der Waals surface area contributed by atoms with Gasteiger partial charge in [0.15, 0.2) is 0 Å². The second-order valence-corrected chi connectivity index (χ2v) is 5.60. The normalized spacial score (nSPS) is 14.7. The van der Waals surface area contributed by atoms with Crippen molar-refractivity contribution >= 4 is 17.4 Å². The van der Waals surface area contributed by atoms with E-state index in [0.29, 0.717) is 5.56 Å². The van der Waals surface area contributed by atoms with E-state index in [0.717, 1.165) is 43.0 Å². The van der Waals surface area contributed by atoms with E-state index in [1.54, 1.807) is 18.6 Å². The minimum Gasteiger partial charge on any atom is -0.340 e. The van der Waals surface area contributed by atoms with Crippen LogP contribution in [0.15, 0.2) is 36.8 Å². The van der Waals surface area contributed by atoms with E-state index in [-0.39, 0.29) is 5.91 Å². The van der Waals surface area contributed by atoms with Crippen LogP contribution in [0.5, 0.6) is 0 Å². The average Bonchev–Trinajstić information content (AvgIpc) is 2.58. The van der Waals surface area contributed by atoms with E-state index in [1.165, 1.54) is 6.42 Å². The maximum atomic E-state index is 12.4. The molecule has 0 unspecified atom stereocenters. The van der Waals surface area contributed by atoms with Gasteiger partial charge in [-0.25, -0.2) is 4.98 Å². The van der Waals surface area contributed by atoms with Crippen LogP contribution in [0.4, 0.5) is 11.5 Å². The Kier molecular flexibility index (Phi) is 4.32. The molecule has 1 saturated heterocycles. The average molecular weight is 296 g/mol. The van der Waals surface area contributed by atoms with E-state index in [2.05, 4.69) is 15.3 Å². The van der Waals surface area contributed by atoms with Gasteiger partial charge in [-0.3, -0.25) is 9.78 Å².